The van der Waals surface area contributed by atoms with E-state index in [1.165, 1.54) is 32.1 Å². The lowest BCUT2D eigenvalue weighted by Gasteiger charge is -2.34. The predicted molar refractivity (Wildman–Crippen MR) is 108 cm³/mol. The first kappa shape index (κ1) is 21.0. The Morgan fingerprint density at radius 2 is 2.00 bits per heavy atom. The van der Waals surface area contributed by atoms with Gasteiger partial charge in [-0.15, -0.1) is 24.0 Å². The Morgan fingerprint density at radius 1 is 1.26 bits per heavy atom. The first-order valence-corrected chi connectivity index (χ1v) is 8.98. The minimum atomic E-state index is 0. The molecule has 23 heavy (non-hydrogen) atoms. The summed E-state index contributed by atoms with van der Waals surface area (Å²) in [6.07, 6.45) is 6.85. The third-order valence-corrected chi connectivity index (χ3v) is 4.51. The number of rotatable bonds is 5. The van der Waals surface area contributed by atoms with Crippen LogP contribution in [0.4, 0.5) is 0 Å². The molecule has 136 valence electrons. The number of hydrogen-bond acceptors (Lipinski definition) is 3. The average molecular weight is 438 g/mol. The first-order valence-electron chi connectivity index (χ1n) is 8.98. The van der Waals surface area contributed by atoms with Crippen LogP contribution in [0.25, 0.3) is 0 Å². The molecule has 0 aromatic heterocycles. The maximum atomic E-state index is 5.89. The number of nitrogens with zero attached hydrogens (tertiary/aromatic N) is 2. The van der Waals surface area contributed by atoms with Crippen LogP contribution in [0, 0.1) is 5.92 Å². The molecule has 2 N–H and O–H groups in total. The van der Waals surface area contributed by atoms with Crippen molar-refractivity contribution < 1.29 is 4.74 Å². The highest BCUT2D eigenvalue weighted by Crippen LogP contribution is 2.17. The van der Waals surface area contributed by atoms with Crippen LogP contribution < -0.4 is 10.6 Å². The molecule has 0 aromatic rings. The third kappa shape index (κ3) is 8.03. The molecule has 1 aliphatic carbocycles. The van der Waals surface area contributed by atoms with E-state index in [0.717, 1.165) is 38.7 Å². The van der Waals surface area contributed by atoms with E-state index in [2.05, 4.69) is 34.4 Å². The zero-order chi connectivity index (χ0) is 15.8. The van der Waals surface area contributed by atoms with Crippen molar-refractivity contribution in [1.29, 1.82) is 0 Å². The second-order valence-electron chi connectivity index (χ2n) is 7.08. The molecular formula is C17H35IN4O. The van der Waals surface area contributed by atoms with Crippen molar-refractivity contribution in [2.24, 2.45) is 10.9 Å². The number of guanidine groups is 1. The highest BCUT2D eigenvalue weighted by atomic mass is 127. The zero-order valence-corrected chi connectivity index (χ0v) is 17.3. The van der Waals surface area contributed by atoms with Crippen molar-refractivity contribution in [2.45, 2.75) is 58.1 Å². The van der Waals surface area contributed by atoms with Gasteiger partial charge in [0, 0.05) is 39.3 Å². The minimum absolute atomic E-state index is 0. The molecule has 2 rings (SSSR count). The lowest BCUT2D eigenvalue weighted by molar-refractivity contribution is -0.0284. The fourth-order valence-electron chi connectivity index (χ4n) is 3.43. The highest BCUT2D eigenvalue weighted by Gasteiger charge is 2.21. The van der Waals surface area contributed by atoms with Gasteiger partial charge in [0.2, 0.25) is 0 Å². The number of ether oxygens (including phenoxy) is 1. The standard InChI is InChI=1S/C17H34N4O.HI/c1-14(2)12-21-9-10-22-16(13-21)11-19-17(18-3)20-15-7-5-4-6-8-15;/h14-16H,4-13H2,1-3H3,(H2,18,19,20);1H. The monoisotopic (exact) mass is 438 g/mol. The second-order valence-corrected chi connectivity index (χ2v) is 7.08. The summed E-state index contributed by atoms with van der Waals surface area (Å²) in [4.78, 5) is 6.87. The zero-order valence-electron chi connectivity index (χ0n) is 15.0. The van der Waals surface area contributed by atoms with Crippen LogP contribution in [-0.4, -0.2) is 62.8 Å². The predicted octanol–water partition coefficient (Wildman–Crippen LogP) is 2.46. The van der Waals surface area contributed by atoms with Gasteiger partial charge in [-0.05, 0) is 18.8 Å². The normalized spacial score (nSPS) is 24.3. The Kier molecular flexibility index (Phi) is 10.5. The number of nitrogens with one attached hydrogen (secondary N) is 2. The van der Waals surface area contributed by atoms with E-state index in [0.29, 0.717) is 12.0 Å². The minimum Gasteiger partial charge on any atom is -0.374 e. The Hall–Kier alpha value is -0.0800. The van der Waals surface area contributed by atoms with Gasteiger partial charge in [-0.2, -0.15) is 0 Å². The number of hydrogen-bond donors (Lipinski definition) is 2. The lowest BCUT2D eigenvalue weighted by Crippen LogP contribution is -2.51. The molecule has 0 aromatic carbocycles. The van der Waals surface area contributed by atoms with Crippen LogP contribution in [0.3, 0.4) is 0 Å². The van der Waals surface area contributed by atoms with E-state index >= 15 is 0 Å². The van der Waals surface area contributed by atoms with Crippen LogP contribution in [0.2, 0.25) is 0 Å². The number of morpholine rings is 1. The SMILES string of the molecule is CN=C(NCC1CN(CC(C)C)CCO1)NC1CCCCC1.I. The first-order chi connectivity index (χ1) is 10.7. The Morgan fingerprint density at radius 3 is 2.65 bits per heavy atom. The van der Waals surface area contributed by atoms with Crippen LogP contribution in [0.5, 0.6) is 0 Å². The van der Waals surface area contributed by atoms with Crippen molar-refractivity contribution in [3.63, 3.8) is 0 Å². The third-order valence-electron chi connectivity index (χ3n) is 4.51. The Bertz CT molecular complexity index is 345. The molecule has 2 aliphatic rings. The van der Waals surface area contributed by atoms with Crippen molar-refractivity contribution in [1.82, 2.24) is 15.5 Å². The molecule has 1 saturated heterocycles. The van der Waals surface area contributed by atoms with Crippen LogP contribution in [0.1, 0.15) is 46.0 Å². The smallest absolute Gasteiger partial charge is 0.191 e. The largest absolute Gasteiger partial charge is 0.374 e. The van der Waals surface area contributed by atoms with Crippen molar-refractivity contribution in [2.75, 3.05) is 39.8 Å². The molecule has 0 bridgehead atoms. The van der Waals surface area contributed by atoms with Crippen molar-refractivity contribution in [3.8, 4) is 0 Å². The molecule has 2 fully saturated rings. The van der Waals surface area contributed by atoms with Gasteiger partial charge in [0.15, 0.2) is 5.96 Å². The molecule has 1 saturated carbocycles. The molecule has 1 heterocycles. The Labute approximate surface area is 159 Å². The van der Waals surface area contributed by atoms with Gasteiger partial charge >= 0.3 is 0 Å². The number of halogens is 1. The molecule has 0 radical (unpaired) electrons. The molecule has 0 amide bonds. The van der Waals surface area contributed by atoms with Gasteiger partial charge in [-0.1, -0.05) is 33.1 Å². The summed E-state index contributed by atoms with van der Waals surface area (Å²) in [6, 6.07) is 0.588. The molecule has 1 unspecified atom stereocenters. The van der Waals surface area contributed by atoms with Gasteiger partial charge in [-0.25, -0.2) is 0 Å². The molecule has 5 nitrogen and oxygen atoms in total. The van der Waals surface area contributed by atoms with E-state index < -0.39 is 0 Å². The maximum absolute atomic E-state index is 5.89. The fraction of sp³-hybridized carbons (Fsp3) is 0.941. The van der Waals surface area contributed by atoms with Gasteiger partial charge in [0.1, 0.15) is 0 Å². The summed E-state index contributed by atoms with van der Waals surface area (Å²) in [6.45, 7) is 9.47. The summed E-state index contributed by atoms with van der Waals surface area (Å²) in [5.41, 5.74) is 0. The second kappa shape index (κ2) is 11.5. The maximum Gasteiger partial charge on any atom is 0.191 e. The quantitative estimate of drug-likeness (QED) is 0.394. The van der Waals surface area contributed by atoms with Crippen LogP contribution in [-0.2, 0) is 4.74 Å². The van der Waals surface area contributed by atoms with Crippen LogP contribution in [0.15, 0.2) is 4.99 Å². The van der Waals surface area contributed by atoms with Crippen LogP contribution >= 0.6 is 24.0 Å². The van der Waals surface area contributed by atoms with Gasteiger partial charge in [0.25, 0.3) is 0 Å². The fourth-order valence-corrected chi connectivity index (χ4v) is 3.43. The summed E-state index contributed by atoms with van der Waals surface area (Å²) in [5, 5.41) is 7.01. The molecule has 6 heteroatoms. The van der Waals surface area contributed by atoms with Crippen molar-refractivity contribution in [3.05, 3.63) is 0 Å². The van der Waals surface area contributed by atoms with E-state index in [9.17, 15) is 0 Å². The summed E-state index contributed by atoms with van der Waals surface area (Å²) in [5.74, 6) is 1.64. The number of aliphatic imine (C=N–C) groups is 1. The Balaban J connectivity index is 0.00000264. The van der Waals surface area contributed by atoms with E-state index in [4.69, 9.17) is 4.74 Å². The summed E-state index contributed by atoms with van der Waals surface area (Å²) >= 11 is 0. The molecule has 1 aliphatic heterocycles. The molecular weight excluding hydrogens is 403 g/mol. The van der Waals surface area contributed by atoms with E-state index in [1.807, 2.05) is 7.05 Å². The molecule has 0 spiro atoms. The van der Waals surface area contributed by atoms with E-state index in [1.54, 1.807) is 0 Å². The lowest BCUT2D eigenvalue weighted by atomic mass is 9.96. The molecule has 1 atom stereocenters. The average Bonchev–Trinajstić information content (AvgIpc) is 2.52. The van der Waals surface area contributed by atoms with Crippen molar-refractivity contribution >= 4 is 29.9 Å². The summed E-state index contributed by atoms with van der Waals surface area (Å²) < 4.78 is 5.89. The summed E-state index contributed by atoms with van der Waals surface area (Å²) in [7, 11) is 1.85. The highest BCUT2D eigenvalue weighted by molar-refractivity contribution is 14.0. The van der Waals surface area contributed by atoms with Gasteiger partial charge in [0.05, 0.1) is 12.7 Å². The van der Waals surface area contributed by atoms with Gasteiger partial charge in [-0.3, -0.25) is 9.89 Å². The van der Waals surface area contributed by atoms with E-state index in [-0.39, 0.29) is 30.1 Å². The topological polar surface area (TPSA) is 48.9 Å². The van der Waals surface area contributed by atoms with Gasteiger partial charge < -0.3 is 15.4 Å².